The number of fused-ring (bicyclic) bond motifs is 1. The van der Waals surface area contributed by atoms with Gasteiger partial charge in [-0.2, -0.15) is 0 Å². The van der Waals surface area contributed by atoms with Crippen molar-refractivity contribution in [1.82, 2.24) is 10.2 Å². The van der Waals surface area contributed by atoms with Crippen molar-refractivity contribution in [2.24, 2.45) is 11.8 Å². The monoisotopic (exact) mass is 583 g/mol. The molecule has 5 atom stereocenters. The zero-order chi connectivity index (χ0) is 28.0. The molecule has 2 aromatic rings. The number of likely N-dealkylation sites (tertiary alicyclic amines) is 1. The van der Waals surface area contributed by atoms with Gasteiger partial charge in [0.15, 0.2) is 0 Å². The Hall–Kier alpha value is -3.07. The predicted molar refractivity (Wildman–Crippen MR) is 151 cm³/mol. The third kappa shape index (κ3) is 4.76. The number of ether oxygens (including phenoxy) is 2. The first-order valence-electron chi connectivity index (χ1n) is 13.7. The molecule has 1 saturated carbocycles. The molecule has 1 aliphatic carbocycles. The lowest BCUT2D eigenvalue weighted by molar-refractivity contribution is -0.142. The molecule has 3 fully saturated rings. The topological polar surface area (TPSA) is 97.0 Å². The molecule has 3 aliphatic heterocycles. The van der Waals surface area contributed by atoms with E-state index in [1.54, 1.807) is 36.3 Å². The number of benzene rings is 2. The van der Waals surface area contributed by atoms with Crippen molar-refractivity contribution in [2.45, 2.75) is 62.4 Å². The summed E-state index contributed by atoms with van der Waals surface area (Å²) < 4.78 is 11.8. The maximum atomic E-state index is 14.2. The summed E-state index contributed by atoms with van der Waals surface area (Å²) in [5.41, 5.74) is -0.00547. The fraction of sp³-hybridized carbons (Fsp3) is 0.433. The Kier molecular flexibility index (Phi) is 7.27. The molecule has 2 bridgehead atoms. The van der Waals surface area contributed by atoms with E-state index in [1.807, 2.05) is 30.3 Å². The van der Waals surface area contributed by atoms with Gasteiger partial charge >= 0.3 is 0 Å². The number of hydrogen-bond acceptors (Lipinski definition) is 5. The average molecular weight is 584 g/mol. The number of halogens is 2. The zero-order valence-electron chi connectivity index (χ0n) is 22.1. The standard InChI is InChI=1S/C30H31Cl2N3O5/c1-39-22-9-5-6-17(12-22)16-35-26(28(37)33-20-7-3-2-4-8-20)30-11-10-23(40-30)24(25(30)29(35)38)27(36)34-21-14-18(31)13-19(32)15-21/h5-6,9-15,20,23-26H,2-4,7-8,16H2,1H3,(H,33,37)(H,34,36)/t23-,24+,25-,26+,30-/m0/s1. The van der Waals surface area contributed by atoms with Crippen LogP contribution in [-0.4, -0.2) is 53.5 Å². The smallest absolute Gasteiger partial charge is 0.246 e. The van der Waals surface area contributed by atoms with E-state index in [0.717, 1.165) is 37.7 Å². The van der Waals surface area contributed by atoms with Crippen LogP contribution in [0, 0.1) is 11.8 Å². The third-order valence-electron chi connectivity index (χ3n) is 8.49. The van der Waals surface area contributed by atoms with Crippen LogP contribution in [0.4, 0.5) is 5.69 Å². The number of methoxy groups -OCH3 is 1. The molecular formula is C30H31Cl2N3O5. The summed E-state index contributed by atoms with van der Waals surface area (Å²) in [4.78, 5) is 43.4. The van der Waals surface area contributed by atoms with E-state index in [1.165, 1.54) is 0 Å². The summed E-state index contributed by atoms with van der Waals surface area (Å²) in [7, 11) is 1.58. The lowest BCUT2D eigenvalue weighted by Gasteiger charge is -2.34. The average Bonchev–Trinajstić information content (AvgIpc) is 3.56. The molecular weight excluding hydrogens is 553 g/mol. The number of carbonyl (C=O) groups excluding carboxylic acids is 3. The Morgan fingerprint density at radius 1 is 1.07 bits per heavy atom. The normalized spacial score (nSPS) is 29.0. The molecule has 210 valence electrons. The SMILES string of the molecule is COc1cccc(CN2C(=O)[C@@H]3[C@H](C(=O)Nc4cc(Cl)cc(Cl)c4)[C@@H]4C=C[C@@]3(O4)[C@H]2C(=O)NC2CCCCC2)c1. The molecule has 2 saturated heterocycles. The molecule has 4 aliphatic rings. The molecule has 0 unspecified atom stereocenters. The van der Waals surface area contributed by atoms with Gasteiger partial charge in [0.1, 0.15) is 17.4 Å². The van der Waals surface area contributed by atoms with E-state index in [-0.39, 0.29) is 30.3 Å². The number of amides is 3. The van der Waals surface area contributed by atoms with Gasteiger partial charge in [-0.05, 0) is 48.7 Å². The van der Waals surface area contributed by atoms with Gasteiger partial charge in [-0.15, -0.1) is 0 Å². The predicted octanol–water partition coefficient (Wildman–Crippen LogP) is 4.74. The maximum Gasteiger partial charge on any atom is 0.246 e. The van der Waals surface area contributed by atoms with Gasteiger partial charge in [-0.3, -0.25) is 14.4 Å². The molecule has 6 rings (SSSR count). The highest BCUT2D eigenvalue weighted by Crippen LogP contribution is 2.55. The van der Waals surface area contributed by atoms with Gasteiger partial charge in [0, 0.05) is 28.3 Å². The Bertz CT molecular complexity index is 1360. The van der Waals surface area contributed by atoms with Crippen molar-refractivity contribution in [3.63, 3.8) is 0 Å². The maximum absolute atomic E-state index is 14.2. The summed E-state index contributed by atoms with van der Waals surface area (Å²) in [6, 6.07) is 11.3. The van der Waals surface area contributed by atoms with Crippen LogP contribution in [0.25, 0.3) is 0 Å². The van der Waals surface area contributed by atoms with Gasteiger partial charge in [-0.25, -0.2) is 0 Å². The van der Waals surface area contributed by atoms with Crippen LogP contribution in [0.5, 0.6) is 5.75 Å². The van der Waals surface area contributed by atoms with Crippen LogP contribution in [-0.2, 0) is 25.7 Å². The minimum absolute atomic E-state index is 0.0553. The highest BCUT2D eigenvalue weighted by molar-refractivity contribution is 6.35. The van der Waals surface area contributed by atoms with Gasteiger partial charge in [0.2, 0.25) is 17.7 Å². The Morgan fingerprint density at radius 2 is 1.82 bits per heavy atom. The fourth-order valence-corrected chi connectivity index (χ4v) is 7.31. The van der Waals surface area contributed by atoms with Crippen molar-refractivity contribution in [3.8, 4) is 5.75 Å². The molecule has 3 amide bonds. The summed E-state index contributed by atoms with van der Waals surface area (Å²) in [6.07, 6.45) is 8.08. The van der Waals surface area contributed by atoms with Gasteiger partial charge in [0.05, 0.1) is 25.0 Å². The first kappa shape index (κ1) is 27.1. The number of anilines is 1. The van der Waals surface area contributed by atoms with E-state index < -0.39 is 29.6 Å². The van der Waals surface area contributed by atoms with E-state index in [0.29, 0.717) is 21.5 Å². The second-order valence-electron chi connectivity index (χ2n) is 11.0. The minimum Gasteiger partial charge on any atom is -0.497 e. The summed E-state index contributed by atoms with van der Waals surface area (Å²) in [5, 5.41) is 6.82. The third-order valence-corrected chi connectivity index (χ3v) is 8.93. The molecule has 1 spiro atoms. The molecule has 2 N–H and O–H groups in total. The van der Waals surface area contributed by atoms with Crippen molar-refractivity contribution in [3.05, 3.63) is 70.2 Å². The summed E-state index contributed by atoms with van der Waals surface area (Å²) in [5.74, 6) is -1.95. The van der Waals surface area contributed by atoms with Gasteiger partial charge in [-0.1, -0.05) is 66.7 Å². The van der Waals surface area contributed by atoms with Gasteiger partial charge < -0.3 is 25.0 Å². The lowest BCUT2D eigenvalue weighted by Crippen LogP contribution is -2.56. The van der Waals surface area contributed by atoms with Crippen molar-refractivity contribution >= 4 is 46.6 Å². The number of carbonyl (C=O) groups is 3. The molecule has 40 heavy (non-hydrogen) atoms. The quantitative estimate of drug-likeness (QED) is 0.459. The van der Waals surface area contributed by atoms with Gasteiger partial charge in [0.25, 0.3) is 0 Å². The molecule has 10 heteroatoms. The highest BCUT2D eigenvalue weighted by atomic mass is 35.5. The fourth-order valence-electron chi connectivity index (χ4n) is 6.78. The van der Waals surface area contributed by atoms with Crippen LogP contribution in [0.3, 0.4) is 0 Å². The van der Waals surface area contributed by atoms with Crippen LogP contribution in [0.1, 0.15) is 37.7 Å². The molecule has 0 aromatic heterocycles. The molecule has 0 radical (unpaired) electrons. The number of rotatable bonds is 7. The van der Waals surface area contributed by atoms with Crippen LogP contribution < -0.4 is 15.4 Å². The Morgan fingerprint density at radius 3 is 2.55 bits per heavy atom. The summed E-state index contributed by atoms with van der Waals surface area (Å²) in [6.45, 7) is 0.178. The van der Waals surface area contributed by atoms with Crippen LogP contribution in [0.2, 0.25) is 10.0 Å². The minimum atomic E-state index is -1.24. The van der Waals surface area contributed by atoms with Crippen LogP contribution in [0.15, 0.2) is 54.6 Å². The number of nitrogens with one attached hydrogen (secondary N) is 2. The van der Waals surface area contributed by atoms with Crippen LogP contribution >= 0.6 is 23.2 Å². The zero-order valence-corrected chi connectivity index (χ0v) is 23.6. The summed E-state index contributed by atoms with van der Waals surface area (Å²) >= 11 is 12.3. The van der Waals surface area contributed by atoms with E-state index in [4.69, 9.17) is 32.7 Å². The number of nitrogens with zero attached hydrogens (tertiary/aromatic N) is 1. The van der Waals surface area contributed by atoms with E-state index in [2.05, 4.69) is 10.6 Å². The van der Waals surface area contributed by atoms with E-state index in [9.17, 15) is 14.4 Å². The Labute approximate surface area is 243 Å². The first-order valence-corrected chi connectivity index (χ1v) is 14.4. The van der Waals surface area contributed by atoms with Crippen molar-refractivity contribution in [1.29, 1.82) is 0 Å². The number of hydrogen-bond donors (Lipinski definition) is 2. The molecule has 2 aromatic carbocycles. The second-order valence-corrected chi connectivity index (χ2v) is 11.9. The molecule has 3 heterocycles. The second kappa shape index (κ2) is 10.7. The Balaban J connectivity index is 1.33. The lowest BCUT2D eigenvalue weighted by atomic mass is 9.74. The van der Waals surface area contributed by atoms with Crippen molar-refractivity contribution in [2.75, 3.05) is 12.4 Å². The van der Waals surface area contributed by atoms with E-state index >= 15 is 0 Å². The first-order chi connectivity index (χ1) is 19.3. The highest BCUT2D eigenvalue weighted by Gasteiger charge is 2.72. The largest absolute Gasteiger partial charge is 0.497 e. The van der Waals surface area contributed by atoms with Crippen molar-refractivity contribution < 1.29 is 23.9 Å². The molecule has 8 nitrogen and oxygen atoms in total.